The highest BCUT2D eigenvalue weighted by Gasteiger charge is 2.04. The van der Waals surface area contributed by atoms with Crippen LogP contribution in [0.25, 0.3) is 21.3 Å². The summed E-state index contributed by atoms with van der Waals surface area (Å²) in [5, 5.41) is 4.55. The van der Waals surface area contributed by atoms with Crippen molar-refractivity contribution in [2.75, 3.05) is 0 Å². The van der Waals surface area contributed by atoms with Crippen LogP contribution in [0.2, 0.25) is 0 Å². The van der Waals surface area contributed by atoms with Gasteiger partial charge in [0.2, 0.25) is 0 Å². The third kappa shape index (κ3) is 1.43. The van der Waals surface area contributed by atoms with Crippen LogP contribution in [-0.4, -0.2) is 4.98 Å². The molecule has 2 aromatic heterocycles. The SMILES string of the molecule is c1csc(-c2nccc3ccccc23)c1. The van der Waals surface area contributed by atoms with E-state index in [2.05, 4.69) is 46.8 Å². The Morgan fingerprint density at radius 2 is 1.87 bits per heavy atom. The Balaban J connectivity index is 2.36. The van der Waals surface area contributed by atoms with E-state index in [0.29, 0.717) is 0 Å². The van der Waals surface area contributed by atoms with Gasteiger partial charge in [0.05, 0.1) is 10.6 Å². The fourth-order valence-electron chi connectivity index (χ4n) is 1.73. The molecule has 2 heterocycles. The monoisotopic (exact) mass is 211 g/mol. The molecule has 0 saturated carbocycles. The average Bonchev–Trinajstić information content (AvgIpc) is 2.82. The molecule has 0 spiro atoms. The molecular formula is C13H9NS. The number of hydrogen-bond donors (Lipinski definition) is 0. The zero-order chi connectivity index (χ0) is 10.1. The molecule has 0 amide bonds. The molecule has 1 aromatic carbocycles. The van der Waals surface area contributed by atoms with Gasteiger partial charge >= 0.3 is 0 Å². The van der Waals surface area contributed by atoms with E-state index in [0.717, 1.165) is 5.69 Å². The van der Waals surface area contributed by atoms with Crippen molar-refractivity contribution in [2.24, 2.45) is 0 Å². The first-order valence-corrected chi connectivity index (χ1v) is 5.71. The van der Waals surface area contributed by atoms with Crippen molar-refractivity contribution in [2.45, 2.75) is 0 Å². The van der Waals surface area contributed by atoms with Gasteiger partial charge in [-0.05, 0) is 22.9 Å². The van der Waals surface area contributed by atoms with E-state index in [4.69, 9.17) is 0 Å². The van der Waals surface area contributed by atoms with Crippen LogP contribution in [0.1, 0.15) is 0 Å². The number of hydrogen-bond acceptors (Lipinski definition) is 2. The molecule has 0 saturated heterocycles. The van der Waals surface area contributed by atoms with Crippen LogP contribution in [0.15, 0.2) is 54.0 Å². The van der Waals surface area contributed by atoms with E-state index in [9.17, 15) is 0 Å². The molecule has 72 valence electrons. The van der Waals surface area contributed by atoms with Crippen molar-refractivity contribution >= 4 is 22.1 Å². The molecule has 0 fully saturated rings. The molecule has 3 rings (SSSR count). The minimum absolute atomic E-state index is 1.09. The number of nitrogens with zero attached hydrogens (tertiary/aromatic N) is 1. The lowest BCUT2D eigenvalue weighted by Gasteiger charge is -2.02. The lowest BCUT2D eigenvalue weighted by Crippen LogP contribution is -1.82. The third-order valence-electron chi connectivity index (χ3n) is 2.43. The van der Waals surface area contributed by atoms with Gasteiger partial charge in [-0.25, -0.2) is 0 Å². The molecule has 0 unspecified atom stereocenters. The van der Waals surface area contributed by atoms with Crippen LogP contribution < -0.4 is 0 Å². The number of thiophene rings is 1. The summed E-state index contributed by atoms with van der Waals surface area (Å²) < 4.78 is 0. The quantitative estimate of drug-likeness (QED) is 0.593. The Kier molecular flexibility index (Phi) is 2.00. The summed E-state index contributed by atoms with van der Waals surface area (Å²) >= 11 is 1.73. The van der Waals surface area contributed by atoms with Gasteiger partial charge in [0, 0.05) is 11.6 Å². The summed E-state index contributed by atoms with van der Waals surface area (Å²) in [6, 6.07) is 14.6. The fourth-order valence-corrected chi connectivity index (χ4v) is 2.46. The van der Waals surface area contributed by atoms with E-state index < -0.39 is 0 Å². The van der Waals surface area contributed by atoms with Gasteiger partial charge in [0.1, 0.15) is 0 Å². The predicted molar refractivity (Wildman–Crippen MR) is 65.1 cm³/mol. The Hall–Kier alpha value is -1.67. The Bertz CT molecular complexity index is 579. The summed E-state index contributed by atoms with van der Waals surface area (Å²) in [4.78, 5) is 5.69. The van der Waals surface area contributed by atoms with E-state index in [1.165, 1.54) is 15.6 Å². The normalized spacial score (nSPS) is 10.7. The molecule has 0 N–H and O–H groups in total. The third-order valence-corrected chi connectivity index (χ3v) is 3.30. The van der Waals surface area contributed by atoms with Crippen LogP contribution in [0, 0.1) is 0 Å². The van der Waals surface area contributed by atoms with Crippen LogP contribution in [0.5, 0.6) is 0 Å². The highest BCUT2D eigenvalue weighted by atomic mass is 32.1. The molecule has 0 bridgehead atoms. The van der Waals surface area contributed by atoms with Crippen LogP contribution >= 0.6 is 11.3 Å². The number of aromatic nitrogens is 1. The number of fused-ring (bicyclic) bond motifs is 1. The highest BCUT2D eigenvalue weighted by Crippen LogP contribution is 2.29. The molecule has 0 atom stereocenters. The smallest absolute Gasteiger partial charge is 0.0879 e. The molecule has 0 aliphatic carbocycles. The van der Waals surface area contributed by atoms with Crippen LogP contribution in [0.4, 0.5) is 0 Å². The standard InChI is InChI=1S/C13H9NS/c1-2-5-11-10(4-1)7-8-14-13(11)12-6-3-9-15-12/h1-9H. The molecule has 15 heavy (non-hydrogen) atoms. The van der Waals surface area contributed by atoms with Crippen LogP contribution in [-0.2, 0) is 0 Å². The zero-order valence-corrected chi connectivity index (χ0v) is 8.87. The van der Waals surface area contributed by atoms with Crippen molar-refractivity contribution < 1.29 is 0 Å². The number of pyridine rings is 1. The second-order valence-corrected chi connectivity index (χ2v) is 4.31. The molecule has 0 aliphatic heterocycles. The summed E-state index contributed by atoms with van der Waals surface area (Å²) in [5.41, 5.74) is 1.09. The Labute approximate surface area is 92.0 Å². The maximum absolute atomic E-state index is 4.46. The van der Waals surface area contributed by atoms with Gasteiger partial charge in [-0.3, -0.25) is 4.98 Å². The van der Waals surface area contributed by atoms with Gasteiger partial charge < -0.3 is 0 Å². The van der Waals surface area contributed by atoms with Crippen molar-refractivity contribution in [3.8, 4) is 10.6 Å². The summed E-state index contributed by atoms with van der Waals surface area (Å²) in [7, 11) is 0. The van der Waals surface area contributed by atoms with Gasteiger partial charge in [-0.1, -0.05) is 30.3 Å². The molecule has 1 nitrogen and oxygen atoms in total. The maximum atomic E-state index is 4.46. The predicted octanol–water partition coefficient (Wildman–Crippen LogP) is 3.96. The first-order chi connectivity index (χ1) is 7.45. The second-order valence-electron chi connectivity index (χ2n) is 3.36. The molecule has 2 heteroatoms. The van der Waals surface area contributed by atoms with E-state index in [1.807, 2.05) is 12.3 Å². The van der Waals surface area contributed by atoms with Gasteiger partial charge in [0.25, 0.3) is 0 Å². The van der Waals surface area contributed by atoms with Gasteiger partial charge in [-0.15, -0.1) is 11.3 Å². The lowest BCUT2D eigenvalue weighted by molar-refractivity contribution is 1.37. The molecule has 3 aromatic rings. The zero-order valence-electron chi connectivity index (χ0n) is 8.05. The maximum Gasteiger partial charge on any atom is 0.0879 e. The topological polar surface area (TPSA) is 12.9 Å². The molecule has 0 aliphatic rings. The number of benzene rings is 1. The van der Waals surface area contributed by atoms with E-state index in [-0.39, 0.29) is 0 Å². The van der Waals surface area contributed by atoms with Crippen LogP contribution in [0.3, 0.4) is 0 Å². The first-order valence-electron chi connectivity index (χ1n) is 4.83. The Morgan fingerprint density at radius 1 is 0.933 bits per heavy atom. The summed E-state index contributed by atoms with van der Waals surface area (Å²) in [5.74, 6) is 0. The fraction of sp³-hybridized carbons (Fsp3) is 0. The molecule has 0 radical (unpaired) electrons. The van der Waals surface area contributed by atoms with Gasteiger partial charge in [0.15, 0.2) is 0 Å². The van der Waals surface area contributed by atoms with Crippen molar-refractivity contribution in [3.63, 3.8) is 0 Å². The summed E-state index contributed by atoms with van der Waals surface area (Å²) in [6.45, 7) is 0. The van der Waals surface area contributed by atoms with E-state index >= 15 is 0 Å². The minimum Gasteiger partial charge on any atom is -0.255 e. The highest BCUT2D eigenvalue weighted by molar-refractivity contribution is 7.13. The van der Waals surface area contributed by atoms with Gasteiger partial charge in [-0.2, -0.15) is 0 Å². The number of rotatable bonds is 1. The largest absolute Gasteiger partial charge is 0.255 e. The lowest BCUT2D eigenvalue weighted by atomic mass is 10.1. The van der Waals surface area contributed by atoms with E-state index in [1.54, 1.807) is 11.3 Å². The van der Waals surface area contributed by atoms with Crippen molar-refractivity contribution in [3.05, 3.63) is 54.0 Å². The molecular weight excluding hydrogens is 202 g/mol. The second kappa shape index (κ2) is 3.48. The summed E-state index contributed by atoms with van der Waals surface area (Å²) in [6.07, 6.45) is 1.87. The minimum atomic E-state index is 1.09. The first kappa shape index (κ1) is 8.62. The average molecular weight is 211 g/mol. The van der Waals surface area contributed by atoms with Crippen molar-refractivity contribution in [1.82, 2.24) is 4.98 Å². The van der Waals surface area contributed by atoms with Crippen molar-refractivity contribution in [1.29, 1.82) is 0 Å². The Morgan fingerprint density at radius 3 is 2.73 bits per heavy atom.